The van der Waals surface area contributed by atoms with Crippen LogP contribution in [0.4, 0.5) is 8.78 Å². The molecule has 0 amide bonds. The second-order valence-electron chi connectivity index (χ2n) is 8.23. The molecule has 0 aliphatic heterocycles. The SMILES string of the molecule is CC(O[Si](c1ccc(F)cc1)(c1ccc(F)cc1)C(C)(C)C)c1ccccc1Br. The molecule has 5 heteroatoms. The number of hydrogen-bond acceptors (Lipinski definition) is 1. The molecule has 0 spiro atoms. The van der Waals surface area contributed by atoms with Gasteiger partial charge in [0.2, 0.25) is 0 Å². The molecule has 3 aromatic rings. The van der Waals surface area contributed by atoms with E-state index in [1.807, 2.05) is 55.5 Å². The predicted octanol–water partition coefficient (Wildman–Crippen LogP) is 6.36. The maximum Gasteiger partial charge on any atom is 0.261 e. The topological polar surface area (TPSA) is 9.23 Å². The van der Waals surface area contributed by atoms with Crippen molar-refractivity contribution in [3.63, 3.8) is 0 Å². The van der Waals surface area contributed by atoms with Gasteiger partial charge in [0.15, 0.2) is 0 Å². The van der Waals surface area contributed by atoms with Crippen LogP contribution in [-0.2, 0) is 4.43 Å². The molecule has 152 valence electrons. The second kappa shape index (κ2) is 8.50. The average molecular weight is 475 g/mol. The van der Waals surface area contributed by atoms with Crippen LogP contribution in [0.5, 0.6) is 0 Å². The van der Waals surface area contributed by atoms with E-state index >= 15 is 0 Å². The first kappa shape index (κ1) is 21.9. The van der Waals surface area contributed by atoms with E-state index in [0.29, 0.717) is 0 Å². The molecule has 1 nitrogen and oxygen atoms in total. The Morgan fingerprint density at radius 1 is 0.793 bits per heavy atom. The van der Waals surface area contributed by atoms with E-state index in [0.717, 1.165) is 20.4 Å². The molecule has 1 atom stereocenters. The Hall–Kier alpha value is -1.82. The summed E-state index contributed by atoms with van der Waals surface area (Å²) in [7, 11) is -2.92. The molecule has 0 heterocycles. The van der Waals surface area contributed by atoms with Gasteiger partial charge in [0.25, 0.3) is 8.32 Å². The van der Waals surface area contributed by atoms with Crippen molar-refractivity contribution in [1.29, 1.82) is 0 Å². The van der Waals surface area contributed by atoms with Gasteiger partial charge in [0.05, 0.1) is 6.10 Å². The van der Waals surface area contributed by atoms with Gasteiger partial charge in [0.1, 0.15) is 11.6 Å². The van der Waals surface area contributed by atoms with Gasteiger partial charge in [0, 0.05) is 4.47 Å². The van der Waals surface area contributed by atoms with Crippen molar-refractivity contribution in [2.45, 2.75) is 38.8 Å². The average Bonchev–Trinajstić information content (AvgIpc) is 2.67. The first-order valence-electron chi connectivity index (χ1n) is 9.59. The summed E-state index contributed by atoms with van der Waals surface area (Å²) in [6.07, 6.45) is -0.216. The van der Waals surface area contributed by atoms with Gasteiger partial charge in [-0.25, -0.2) is 8.78 Å². The quantitative estimate of drug-likeness (QED) is 0.390. The van der Waals surface area contributed by atoms with E-state index in [2.05, 4.69) is 36.7 Å². The zero-order chi connectivity index (χ0) is 21.2. The van der Waals surface area contributed by atoms with Gasteiger partial charge >= 0.3 is 0 Å². The van der Waals surface area contributed by atoms with Crippen LogP contribution in [0.3, 0.4) is 0 Å². The van der Waals surface area contributed by atoms with Crippen LogP contribution in [0.2, 0.25) is 5.04 Å². The maximum absolute atomic E-state index is 13.7. The van der Waals surface area contributed by atoms with Gasteiger partial charge in [-0.1, -0.05) is 79.2 Å². The van der Waals surface area contributed by atoms with E-state index in [1.54, 1.807) is 0 Å². The molecular weight excluding hydrogens is 450 g/mol. The summed E-state index contributed by atoms with van der Waals surface area (Å²) in [5.74, 6) is -0.577. The summed E-state index contributed by atoms with van der Waals surface area (Å²) < 4.78 is 35.4. The smallest absolute Gasteiger partial charge is 0.261 e. The fraction of sp³-hybridized carbons (Fsp3) is 0.250. The molecule has 0 aliphatic carbocycles. The molecule has 1 unspecified atom stereocenters. The molecule has 0 bridgehead atoms. The highest BCUT2D eigenvalue weighted by Gasteiger charge is 2.51. The Bertz CT molecular complexity index is 920. The van der Waals surface area contributed by atoms with Crippen molar-refractivity contribution in [3.8, 4) is 0 Å². The zero-order valence-corrected chi connectivity index (χ0v) is 19.6. The van der Waals surface area contributed by atoms with Crippen molar-refractivity contribution in [2.24, 2.45) is 0 Å². The van der Waals surface area contributed by atoms with E-state index in [1.165, 1.54) is 24.3 Å². The lowest BCUT2D eigenvalue weighted by Gasteiger charge is -2.44. The lowest BCUT2D eigenvalue weighted by molar-refractivity contribution is 0.210. The van der Waals surface area contributed by atoms with E-state index < -0.39 is 8.32 Å². The van der Waals surface area contributed by atoms with E-state index in [9.17, 15) is 8.78 Å². The third-order valence-electron chi connectivity index (χ3n) is 5.25. The molecular formula is C24H25BrF2OSi. The van der Waals surface area contributed by atoms with Gasteiger partial charge in [-0.3, -0.25) is 0 Å². The van der Waals surface area contributed by atoms with Crippen molar-refractivity contribution in [3.05, 3.63) is 94.5 Å². The molecule has 0 fully saturated rings. The van der Waals surface area contributed by atoms with Crippen molar-refractivity contribution in [2.75, 3.05) is 0 Å². The molecule has 0 aromatic heterocycles. The van der Waals surface area contributed by atoms with Gasteiger partial charge in [-0.2, -0.15) is 0 Å². The summed E-state index contributed by atoms with van der Waals surface area (Å²) in [4.78, 5) is 0. The van der Waals surface area contributed by atoms with Crippen LogP contribution in [0.25, 0.3) is 0 Å². The number of halogens is 3. The summed E-state index contributed by atoms with van der Waals surface area (Å²) in [5.41, 5.74) is 1.04. The van der Waals surface area contributed by atoms with Gasteiger partial charge < -0.3 is 4.43 Å². The Morgan fingerprint density at radius 3 is 1.66 bits per heavy atom. The number of rotatable bonds is 5. The molecule has 0 saturated carbocycles. The van der Waals surface area contributed by atoms with Crippen LogP contribution in [0.1, 0.15) is 39.4 Å². The Labute approximate surface area is 181 Å². The van der Waals surface area contributed by atoms with Crippen molar-refractivity contribution in [1.82, 2.24) is 0 Å². The third-order valence-corrected chi connectivity index (χ3v) is 11.1. The minimum absolute atomic E-state index is 0.216. The first-order valence-corrected chi connectivity index (χ1v) is 12.3. The van der Waals surface area contributed by atoms with Crippen LogP contribution >= 0.6 is 15.9 Å². The summed E-state index contributed by atoms with van der Waals surface area (Å²) in [6.45, 7) is 8.44. The highest BCUT2D eigenvalue weighted by Crippen LogP contribution is 2.40. The summed E-state index contributed by atoms with van der Waals surface area (Å²) in [6, 6.07) is 21.1. The molecule has 3 rings (SSSR count). The van der Waals surface area contributed by atoms with Crippen molar-refractivity contribution < 1.29 is 13.2 Å². The van der Waals surface area contributed by atoms with Crippen LogP contribution in [-0.4, -0.2) is 8.32 Å². The number of benzene rings is 3. The largest absolute Gasteiger partial charge is 0.401 e. The monoisotopic (exact) mass is 474 g/mol. The van der Waals surface area contributed by atoms with Crippen molar-refractivity contribution >= 4 is 34.6 Å². The first-order chi connectivity index (χ1) is 13.6. The normalized spacial score (nSPS) is 13.3. The fourth-order valence-corrected chi connectivity index (χ4v) is 9.08. The lowest BCUT2D eigenvalue weighted by Crippen LogP contribution is -2.66. The molecule has 3 aromatic carbocycles. The Morgan fingerprint density at radius 2 is 1.24 bits per heavy atom. The van der Waals surface area contributed by atoms with Crippen LogP contribution < -0.4 is 10.4 Å². The summed E-state index contributed by atoms with van der Waals surface area (Å²) in [5, 5.41) is 1.63. The fourth-order valence-electron chi connectivity index (χ4n) is 3.85. The minimum Gasteiger partial charge on any atom is -0.401 e. The second-order valence-corrected chi connectivity index (χ2v) is 13.3. The minimum atomic E-state index is -2.92. The molecule has 29 heavy (non-hydrogen) atoms. The molecule has 0 aliphatic rings. The third kappa shape index (κ3) is 4.37. The Kier molecular flexibility index (Phi) is 6.41. The predicted molar refractivity (Wildman–Crippen MR) is 121 cm³/mol. The van der Waals surface area contributed by atoms with Gasteiger partial charge in [-0.15, -0.1) is 0 Å². The molecule has 0 saturated heterocycles. The molecule has 0 N–H and O–H groups in total. The number of hydrogen-bond donors (Lipinski definition) is 0. The van der Waals surface area contributed by atoms with Gasteiger partial charge in [-0.05, 0) is 58.2 Å². The summed E-state index contributed by atoms with van der Waals surface area (Å²) >= 11 is 3.62. The van der Waals surface area contributed by atoms with E-state index in [-0.39, 0.29) is 22.8 Å². The highest BCUT2D eigenvalue weighted by atomic mass is 79.9. The van der Waals surface area contributed by atoms with E-state index in [4.69, 9.17) is 4.43 Å². The Balaban J connectivity index is 2.22. The zero-order valence-electron chi connectivity index (χ0n) is 17.0. The lowest BCUT2D eigenvalue weighted by atomic mass is 10.1. The standard InChI is InChI=1S/C24H25BrF2OSi/c1-17(22-7-5-6-8-23(22)25)28-29(24(2,3)4,20-13-9-18(26)10-14-20)21-15-11-19(27)12-16-21/h5-17H,1-4H3. The molecule has 0 radical (unpaired) electrons. The highest BCUT2D eigenvalue weighted by molar-refractivity contribution is 9.10. The van der Waals surface area contributed by atoms with Crippen LogP contribution in [0, 0.1) is 11.6 Å². The maximum atomic E-state index is 13.7. The van der Waals surface area contributed by atoms with Crippen LogP contribution in [0.15, 0.2) is 77.3 Å².